The van der Waals surface area contributed by atoms with Crippen LogP contribution in [0.25, 0.3) is 10.9 Å². The predicted octanol–water partition coefficient (Wildman–Crippen LogP) is 4.38. The molecule has 7 nitrogen and oxygen atoms in total. The first kappa shape index (κ1) is 22.9. The van der Waals surface area contributed by atoms with Gasteiger partial charge in [-0.2, -0.15) is 0 Å². The number of rotatable bonds is 9. The van der Waals surface area contributed by atoms with E-state index in [0.717, 1.165) is 30.4 Å². The van der Waals surface area contributed by atoms with Crippen LogP contribution in [0.5, 0.6) is 0 Å². The molecule has 1 aliphatic rings. The summed E-state index contributed by atoms with van der Waals surface area (Å²) in [5.74, 6) is 0.454. The monoisotopic (exact) mass is 463 g/mol. The van der Waals surface area contributed by atoms with Crippen LogP contribution < -0.4 is 15.5 Å². The number of anilines is 2. The van der Waals surface area contributed by atoms with Crippen molar-refractivity contribution in [2.24, 2.45) is 0 Å². The number of nitrogens with one attached hydrogen (secondary N) is 2. The van der Waals surface area contributed by atoms with E-state index in [9.17, 15) is 9.59 Å². The molecule has 0 bridgehead atoms. The van der Waals surface area contributed by atoms with Crippen LogP contribution >= 0.6 is 12.2 Å². The van der Waals surface area contributed by atoms with E-state index >= 15 is 0 Å². The van der Waals surface area contributed by atoms with Crippen LogP contribution in [-0.4, -0.2) is 41.0 Å². The molecule has 172 valence electrons. The summed E-state index contributed by atoms with van der Waals surface area (Å²) < 4.78 is 2.09. The lowest BCUT2D eigenvalue weighted by molar-refractivity contribution is -0.122. The number of benzene rings is 2. The van der Waals surface area contributed by atoms with E-state index in [1.165, 1.54) is 11.3 Å². The second kappa shape index (κ2) is 10.1. The molecule has 1 atom stereocenters. The Morgan fingerprint density at radius 1 is 1.24 bits per heavy atom. The summed E-state index contributed by atoms with van der Waals surface area (Å²) in [6.45, 7) is 6.60. The van der Waals surface area contributed by atoms with Gasteiger partial charge >= 0.3 is 0 Å². The Hall–Kier alpha value is -3.26. The van der Waals surface area contributed by atoms with Crippen LogP contribution in [-0.2, 0) is 9.59 Å². The van der Waals surface area contributed by atoms with Gasteiger partial charge in [0.15, 0.2) is 0 Å². The molecule has 2 heterocycles. The molecule has 4 rings (SSSR count). The molecule has 8 heteroatoms. The predicted molar refractivity (Wildman–Crippen MR) is 134 cm³/mol. The van der Waals surface area contributed by atoms with E-state index in [4.69, 9.17) is 12.2 Å². The standard InChI is InChI=1S/C25H29N5O2S/c1-3-29(18-9-6-8-17(2)16-18)15-7-14-26-22(31)13-12-21-24(32)28-23-19-10-4-5-11-20(19)27-25(33)30(21)23/h4-6,8-11,16,21H,3,7,12-15H2,1-2H3,(H,26,31)(H,28,32). The fourth-order valence-corrected chi connectivity index (χ4v) is 4.61. The third-order valence-corrected chi connectivity index (χ3v) is 6.29. The van der Waals surface area contributed by atoms with E-state index in [-0.39, 0.29) is 18.2 Å². The van der Waals surface area contributed by atoms with Crippen LogP contribution in [0, 0.1) is 11.7 Å². The number of para-hydroxylation sites is 1. The van der Waals surface area contributed by atoms with Gasteiger partial charge in [0.25, 0.3) is 0 Å². The van der Waals surface area contributed by atoms with Crippen LogP contribution in [0.4, 0.5) is 11.5 Å². The quantitative estimate of drug-likeness (QED) is 0.364. The molecular weight excluding hydrogens is 434 g/mol. The molecule has 2 amide bonds. The molecule has 0 spiro atoms. The van der Waals surface area contributed by atoms with Crippen molar-refractivity contribution >= 4 is 46.4 Å². The third kappa shape index (κ3) is 5.06. The lowest BCUT2D eigenvalue weighted by atomic mass is 10.1. The number of nitrogens with zero attached hydrogens (tertiary/aromatic N) is 3. The second-order valence-corrected chi connectivity index (χ2v) is 8.66. The summed E-state index contributed by atoms with van der Waals surface area (Å²) in [6, 6.07) is 15.5. The Balaban J connectivity index is 1.30. The van der Waals surface area contributed by atoms with Crippen molar-refractivity contribution in [3.8, 4) is 0 Å². The molecule has 0 saturated carbocycles. The van der Waals surface area contributed by atoms with Gasteiger partial charge in [-0.15, -0.1) is 0 Å². The summed E-state index contributed by atoms with van der Waals surface area (Å²) in [4.78, 5) is 31.8. The van der Waals surface area contributed by atoms with Gasteiger partial charge in [0.05, 0.1) is 5.52 Å². The summed E-state index contributed by atoms with van der Waals surface area (Å²) in [5.41, 5.74) is 3.19. The maximum atomic E-state index is 12.6. The average molecular weight is 464 g/mol. The van der Waals surface area contributed by atoms with Crippen LogP contribution in [0.2, 0.25) is 0 Å². The molecule has 2 aromatic carbocycles. The van der Waals surface area contributed by atoms with Crippen molar-refractivity contribution in [3.05, 3.63) is 58.9 Å². The number of fused-ring (bicyclic) bond motifs is 3. The Morgan fingerprint density at radius 2 is 2.06 bits per heavy atom. The Labute approximate surface area is 198 Å². The highest BCUT2D eigenvalue weighted by Gasteiger charge is 2.32. The minimum Gasteiger partial charge on any atom is -0.372 e. The van der Waals surface area contributed by atoms with Crippen molar-refractivity contribution in [2.45, 2.75) is 39.2 Å². The van der Waals surface area contributed by atoms with E-state index in [0.29, 0.717) is 23.6 Å². The summed E-state index contributed by atoms with van der Waals surface area (Å²) >= 11 is 5.44. The zero-order valence-electron chi connectivity index (χ0n) is 19.0. The summed E-state index contributed by atoms with van der Waals surface area (Å²) in [6.07, 6.45) is 1.48. The van der Waals surface area contributed by atoms with Crippen molar-refractivity contribution < 1.29 is 9.59 Å². The Morgan fingerprint density at radius 3 is 2.85 bits per heavy atom. The molecule has 1 aromatic heterocycles. The normalized spacial score (nSPS) is 14.7. The first-order valence-corrected chi connectivity index (χ1v) is 11.8. The Kier molecular flexibility index (Phi) is 7.03. The third-order valence-electron chi connectivity index (χ3n) is 6.00. The highest BCUT2D eigenvalue weighted by molar-refractivity contribution is 7.71. The molecule has 1 aliphatic heterocycles. The fraction of sp³-hybridized carbons (Fsp3) is 0.360. The van der Waals surface area contributed by atoms with E-state index in [2.05, 4.69) is 58.6 Å². The topological polar surface area (TPSA) is 79.3 Å². The van der Waals surface area contributed by atoms with Gasteiger partial charge in [-0.05, 0) is 68.7 Å². The van der Waals surface area contributed by atoms with Gasteiger partial charge in [0.1, 0.15) is 11.9 Å². The van der Waals surface area contributed by atoms with Gasteiger partial charge < -0.3 is 15.5 Å². The molecule has 0 radical (unpaired) electrons. The molecular formula is C25H29N5O2S. The molecule has 3 aromatic rings. The second-order valence-electron chi connectivity index (χ2n) is 8.30. The van der Waals surface area contributed by atoms with Gasteiger partial charge in [0.2, 0.25) is 16.6 Å². The first-order chi connectivity index (χ1) is 16.0. The largest absolute Gasteiger partial charge is 0.372 e. The lowest BCUT2D eigenvalue weighted by Crippen LogP contribution is -2.30. The smallest absolute Gasteiger partial charge is 0.248 e. The number of aromatic nitrogens is 2. The van der Waals surface area contributed by atoms with Crippen molar-refractivity contribution in [1.82, 2.24) is 14.9 Å². The summed E-state index contributed by atoms with van der Waals surface area (Å²) in [5, 5.41) is 6.76. The SMILES string of the molecule is CCN(CCCNC(=O)CCC1C(=O)Nc2c3ccccc3nc(=S)n21)c1cccc(C)c1. The van der Waals surface area contributed by atoms with Gasteiger partial charge in [-0.1, -0.05) is 24.3 Å². The first-order valence-electron chi connectivity index (χ1n) is 11.4. The van der Waals surface area contributed by atoms with Crippen LogP contribution in [0.1, 0.15) is 37.8 Å². The summed E-state index contributed by atoms with van der Waals surface area (Å²) in [7, 11) is 0. The highest BCUT2D eigenvalue weighted by Crippen LogP contribution is 2.33. The zero-order chi connectivity index (χ0) is 23.4. The Bertz CT molecular complexity index is 1240. The lowest BCUT2D eigenvalue weighted by Gasteiger charge is -2.23. The number of carbonyl (C=O) groups is 2. The number of hydrogen-bond acceptors (Lipinski definition) is 5. The van der Waals surface area contributed by atoms with Gasteiger partial charge in [-0.25, -0.2) is 4.98 Å². The molecule has 0 fully saturated rings. The van der Waals surface area contributed by atoms with Gasteiger partial charge in [-0.3, -0.25) is 14.2 Å². The average Bonchev–Trinajstić information content (AvgIpc) is 3.14. The molecule has 1 unspecified atom stereocenters. The van der Waals surface area contributed by atoms with E-state index < -0.39 is 6.04 Å². The molecule has 2 N–H and O–H groups in total. The molecule has 0 saturated heterocycles. The van der Waals surface area contributed by atoms with Crippen LogP contribution in [0.3, 0.4) is 0 Å². The van der Waals surface area contributed by atoms with E-state index in [1.54, 1.807) is 4.57 Å². The van der Waals surface area contributed by atoms with Crippen LogP contribution in [0.15, 0.2) is 48.5 Å². The number of hydrogen-bond donors (Lipinski definition) is 2. The minimum atomic E-state index is -0.521. The maximum absolute atomic E-state index is 12.6. The number of amides is 2. The molecule has 0 aliphatic carbocycles. The molecule has 33 heavy (non-hydrogen) atoms. The number of carbonyl (C=O) groups excluding carboxylic acids is 2. The van der Waals surface area contributed by atoms with Gasteiger partial charge in [0, 0.05) is 37.1 Å². The van der Waals surface area contributed by atoms with Crippen molar-refractivity contribution in [2.75, 3.05) is 29.9 Å². The zero-order valence-corrected chi connectivity index (χ0v) is 19.8. The number of aryl methyl sites for hydroxylation is 1. The fourth-order valence-electron chi connectivity index (χ4n) is 4.30. The minimum absolute atomic E-state index is 0.0601. The van der Waals surface area contributed by atoms with Crippen molar-refractivity contribution in [1.29, 1.82) is 0 Å². The van der Waals surface area contributed by atoms with E-state index in [1.807, 2.05) is 24.3 Å². The van der Waals surface area contributed by atoms with Crippen molar-refractivity contribution in [3.63, 3.8) is 0 Å². The maximum Gasteiger partial charge on any atom is 0.248 e. The highest BCUT2D eigenvalue weighted by atomic mass is 32.1.